The Hall–Kier alpha value is -5.58. The first-order valence-electron chi connectivity index (χ1n) is 20.7. The van der Waals surface area contributed by atoms with E-state index >= 15 is 0 Å². The Morgan fingerprint density at radius 1 is 0.656 bits per heavy atom. The summed E-state index contributed by atoms with van der Waals surface area (Å²) in [6.07, 6.45) is 2.82. The lowest BCUT2D eigenvalue weighted by Crippen LogP contribution is -2.44. The van der Waals surface area contributed by atoms with Crippen LogP contribution in [0.5, 0.6) is 0 Å². The highest BCUT2D eigenvalue weighted by Gasteiger charge is 2.36. The molecule has 4 N–H and O–H groups in total. The Morgan fingerprint density at radius 3 is 1.36 bits per heavy atom. The molecule has 6 heterocycles. The summed E-state index contributed by atoms with van der Waals surface area (Å²) in [5, 5.41) is 5.97. The molecule has 0 unspecified atom stereocenters. The van der Waals surface area contributed by atoms with Crippen LogP contribution in [0.3, 0.4) is 0 Å². The molecule has 0 spiro atoms. The molecule has 2 fully saturated rings. The maximum absolute atomic E-state index is 14.4. The van der Waals surface area contributed by atoms with Crippen molar-refractivity contribution >= 4 is 65.1 Å². The third kappa shape index (κ3) is 8.54. The average molecular weight is 923 g/mol. The van der Waals surface area contributed by atoms with Crippen LogP contribution >= 0.6 is 0 Å². The highest BCUT2D eigenvalue weighted by Crippen LogP contribution is 2.35. The Kier molecular flexibility index (Phi) is 12.6. The fourth-order valence-corrected chi connectivity index (χ4v) is 8.37. The number of anilines is 4. The summed E-state index contributed by atoms with van der Waals surface area (Å²) in [6.45, 7) is 14.6. The van der Waals surface area contributed by atoms with Gasteiger partial charge in [0.15, 0.2) is 11.6 Å². The van der Waals surface area contributed by atoms with Crippen LogP contribution in [0.2, 0.25) is 0 Å². The van der Waals surface area contributed by atoms with Crippen LogP contribution < -0.4 is 20.4 Å². The number of aromatic nitrogens is 8. The number of hydrogen-bond acceptors (Lipinski definition) is 16. The van der Waals surface area contributed by atoms with Gasteiger partial charge in [-0.15, -0.1) is 0 Å². The lowest BCUT2D eigenvalue weighted by atomic mass is 10.1. The van der Waals surface area contributed by atoms with Crippen molar-refractivity contribution in [2.24, 2.45) is 0 Å². The first kappa shape index (κ1) is 46.4. The molecule has 0 amide bonds. The molecule has 6 aromatic rings. The Bertz CT molecular complexity index is 2740. The normalized spacial score (nSPS) is 19.2. The van der Waals surface area contributed by atoms with Crippen LogP contribution in [-0.4, -0.2) is 126 Å². The number of halogens is 2. The minimum absolute atomic E-state index is 0.0743. The Balaban J connectivity index is 0.000000191. The fraction of sp³-hybridized carbons (Fsp3) is 0.476. The van der Waals surface area contributed by atoms with Gasteiger partial charge in [0.25, 0.3) is 0 Å². The molecule has 22 heteroatoms. The van der Waals surface area contributed by atoms with E-state index in [-0.39, 0.29) is 35.0 Å². The van der Waals surface area contributed by atoms with Crippen molar-refractivity contribution in [1.29, 1.82) is 9.56 Å². The van der Waals surface area contributed by atoms with E-state index in [2.05, 4.69) is 30.4 Å². The molecular weight excluding hydrogens is 867 g/mol. The summed E-state index contributed by atoms with van der Waals surface area (Å²) < 4.78 is 83.4. The highest BCUT2D eigenvalue weighted by atomic mass is 32.2. The second-order valence-corrected chi connectivity index (χ2v) is 22.4. The molecule has 4 aromatic heterocycles. The van der Waals surface area contributed by atoms with E-state index in [0.29, 0.717) is 85.5 Å². The molecule has 2 saturated heterocycles. The number of ether oxygens (including phenoxy) is 2. The van der Waals surface area contributed by atoms with Crippen molar-refractivity contribution in [2.45, 2.75) is 63.1 Å². The van der Waals surface area contributed by atoms with E-state index < -0.39 is 40.6 Å². The summed E-state index contributed by atoms with van der Waals surface area (Å²) in [5.74, 6) is 1.68. The van der Waals surface area contributed by atoms with Gasteiger partial charge in [-0.25, -0.2) is 46.3 Å². The predicted molar refractivity (Wildman–Crippen MR) is 247 cm³/mol. The van der Waals surface area contributed by atoms with E-state index in [4.69, 9.17) is 39.0 Å². The third-order valence-corrected chi connectivity index (χ3v) is 16.3. The molecule has 0 radical (unpaired) electrons. The summed E-state index contributed by atoms with van der Waals surface area (Å²) >= 11 is 0. The number of nitrogens with one attached hydrogen (secondary N) is 4. The van der Waals surface area contributed by atoms with Crippen molar-refractivity contribution in [3.05, 3.63) is 71.6 Å². The number of fused-ring (bicyclic) bond motifs is 2. The zero-order chi connectivity index (χ0) is 46.5. The number of benzene rings is 2. The molecule has 18 nitrogen and oxygen atoms in total. The average Bonchev–Trinajstić information content (AvgIpc) is 3.83. The summed E-state index contributed by atoms with van der Waals surface area (Å²) in [5.41, 5.74) is 2.36. The van der Waals surface area contributed by atoms with Gasteiger partial charge in [-0.1, -0.05) is 12.1 Å². The van der Waals surface area contributed by atoms with Gasteiger partial charge in [-0.05, 0) is 65.8 Å². The molecule has 2 aliphatic rings. The quantitative estimate of drug-likeness (QED) is 0.119. The monoisotopic (exact) mass is 922 g/mol. The largest absolute Gasteiger partial charge is 0.377 e. The molecule has 344 valence electrons. The summed E-state index contributed by atoms with van der Waals surface area (Å²) in [7, 11) is -2.62. The van der Waals surface area contributed by atoms with Gasteiger partial charge in [0.2, 0.25) is 23.8 Å². The molecule has 8 rings (SSSR count). The van der Waals surface area contributed by atoms with Crippen LogP contribution in [0, 0.1) is 21.2 Å². The molecule has 4 atom stereocenters. The smallest absolute Gasteiger partial charge is 0.239 e. The Labute approximate surface area is 372 Å². The summed E-state index contributed by atoms with van der Waals surface area (Å²) in [6, 6.07) is 13.2. The van der Waals surface area contributed by atoms with Crippen LogP contribution in [0.4, 0.5) is 32.3 Å². The molecule has 0 saturated carbocycles. The number of nitrogens with zero attached hydrogens (tertiary/aromatic N) is 10. The zero-order valence-electron chi connectivity index (χ0n) is 37.7. The topological polar surface area (TPSA) is 218 Å². The number of morpholine rings is 2. The molecular formula is C42H56F2N14O4S2. The minimum atomic E-state index is -3.00. The van der Waals surface area contributed by atoms with Gasteiger partial charge >= 0.3 is 0 Å². The van der Waals surface area contributed by atoms with Crippen LogP contribution in [-0.2, 0) is 38.4 Å². The lowest BCUT2D eigenvalue weighted by Gasteiger charge is -2.35. The van der Waals surface area contributed by atoms with Crippen molar-refractivity contribution < 1.29 is 26.7 Å². The molecule has 2 aliphatic heterocycles. The Morgan fingerprint density at radius 2 is 1.03 bits per heavy atom. The van der Waals surface area contributed by atoms with Crippen molar-refractivity contribution in [2.75, 3.05) is 86.6 Å². The molecule has 2 aromatic carbocycles. The number of para-hydroxylation sites is 2. The SMILES string of the molecule is CNc1nc2c(F)cccc2n1-c1nc(N2CCOC[C@H]2C)cc(C(C)(C)[S@@](C)(=N)=O)n1.CNc1nc2c(F)cccc2n1-c1nc(N2CCOC[C@H]2C)cc(C(C)(C)[S@](C)(=N)=O)n1. The van der Waals surface area contributed by atoms with E-state index in [0.717, 1.165) is 0 Å². The van der Waals surface area contributed by atoms with E-state index in [1.165, 1.54) is 24.6 Å². The van der Waals surface area contributed by atoms with E-state index in [1.807, 2.05) is 13.8 Å². The van der Waals surface area contributed by atoms with Gasteiger partial charge in [0, 0.05) is 51.8 Å². The second-order valence-electron chi connectivity index (χ2n) is 17.0. The first-order chi connectivity index (χ1) is 30.1. The third-order valence-electron chi connectivity index (χ3n) is 12.0. The van der Waals surface area contributed by atoms with Crippen LogP contribution in [0.1, 0.15) is 52.9 Å². The number of rotatable bonds is 10. The van der Waals surface area contributed by atoms with Crippen LogP contribution in [0.15, 0.2) is 48.5 Å². The molecule has 64 heavy (non-hydrogen) atoms. The zero-order valence-corrected chi connectivity index (χ0v) is 39.3. The second kappa shape index (κ2) is 17.4. The highest BCUT2D eigenvalue weighted by molar-refractivity contribution is 7.92. The number of imidazole rings is 2. The summed E-state index contributed by atoms with van der Waals surface area (Å²) in [4.78, 5) is 32.0. The van der Waals surface area contributed by atoms with Crippen molar-refractivity contribution in [3.63, 3.8) is 0 Å². The van der Waals surface area contributed by atoms with Gasteiger partial charge in [0.1, 0.15) is 22.7 Å². The van der Waals surface area contributed by atoms with E-state index in [9.17, 15) is 17.2 Å². The van der Waals surface area contributed by atoms with Gasteiger partial charge in [-0.2, -0.15) is 9.97 Å². The fourth-order valence-electron chi connectivity index (χ4n) is 7.36. The predicted octanol–water partition coefficient (Wildman–Crippen LogP) is 6.27. The number of hydrogen-bond donors (Lipinski definition) is 4. The molecule has 0 bridgehead atoms. The van der Waals surface area contributed by atoms with Gasteiger partial charge < -0.3 is 29.9 Å². The minimum Gasteiger partial charge on any atom is -0.377 e. The maximum atomic E-state index is 14.4. The van der Waals surface area contributed by atoms with Gasteiger partial charge in [0.05, 0.1) is 89.9 Å². The first-order valence-corrected chi connectivity index (χ1v) is 24.7. The van der Waals surface area contributed by atoms with Crippen molar-refractivity contribution in [1.82, 2.24) is 39.0 Å². The van der Waals surface area contributed by atoms with Crippen LogP contribution in [0.25, 0.3) is 34.0 Å². The van der Waals surface area contributed by atoms with Gasteiger partial charge in [-0.3, -0.25) is 9.56 Å². The lowest BCUT2D eigenvalue weighted by molar-refractivity contribution is 0.0984. The van der Waals surface area contributed by atoms with Crippen molar-refractivity contribution in [3.8, 4) is 11.9 Å². The molecule has 0 aliphatic carbocycles. The van der Waals surface area contributed by atoms with E-state index in [1.54, 1.807) is 87.3 Å². The maximum Gasteiger partial charge on any atom is 0.239 e. The standard InChI is InChI=1S/2C21H28FN7O2S/c2*1-13-12-31-10-9-28(13)17-11-16(21(2,3)32(5,23)30)25-20(26-17)29-15-8-6-7-14(22)18(15)27-19(29)24-4/h2*6-8,11,13,23H,9-10,12H2,1-5H3,(H,24,27)/t13-,32+;13-,32-/m11/s1.